The number of benzene rings is 1. The standard InChI is InChI=1S/C11H12FN3S/c1-3-13-11-10(14-16-15-11)9-6-8(12)5-4-7(9)2/h4-6H,3H2,1-2H3,(H,13,15). The molecule has 84 valence electrons. The van der Waals surface area contributed by atoms with Crippen LogP contribution in [-0.2, 0) is 0 Å². The Morgan fingerprint density at radius 1 is 1.38 bits per heavy atom. The van der Waals surface area contributed by atoms with Crippen molar-refractivity contribution in [3.8, 4) is 11.3 Å². The topological polar surface area (TPSA) is 37.8 Å². The molecular formula is C11H12FN3S. The smallest absolute Gasteiger partial charge is 0.168 e. The molecule has 2 rings (SSSR count). The second kappa shape index (κ2) is 4.57. The first-order chi connectivity index (χ1) is 7.72. The van der Waals surface area contributed by atoms with Crippen molar-refractivity contribution in [3.63, 3.8) is 0 Å². The summed E-state index contributed by atoms with van der Waals surface area (Å²) in [4.78, 5) is 0. The van der Waals surface area contributed by atoms with Gasteiger partial charge < -0.3 is 5.32 Å². The third kappa shape index (κ3) is 2.04. The Balaban J connectivity index is 2.49. The molecule has 0 atom stereocenters. The lowest BCUT2D eigenvalue weighted by molar-refractivity contribution is 0.628. The van der Waals surface area contributed by atoms with E-state index in [1.54, 1.807) is 6.07 Å². The third-order valence-electron chi connectivity index (χ3n) is 2.29. The van der Waals surface area contributed by atoms with Gasteiger partial charge in [0.15, 0.2) is 5.82 Å². The van der Waals surface area contributed by atoms with Crippen molar-refractivity contribution >= 4 is 17.5 Å². The molecule has 1 aromatic heterocycles. The molecule has 3 nitrogen and oxygen atoms in total. The SMILES string of the molecule is CCNc1nsnc1-c1cc(F)ccc1C. The Morgan fingerprint density at radius 2 is 2.19 bits per heavy atom. The van der Waals surface area contributed by atoms with Crippen LogP contribution in [0.3, 0.4) is 0 Å². The van der Waals surface area contributed by atoms with Crippen molar-refractivity contribution in [2.75, 3.05) is 11.9 Å². The van der Waals surface area contributed by atoms with Crippen LogP contribution in [0.2, 0.25) is 0 Å². The summed E-state index contributed by atoms with van der Waals surface area (Å²) in [6.07, 6.45) is 0. The Hall–Kier alpha value is -1.49. The summed E-state index contributed by atoms with van der Waals surface area (Å²) < 4.78 is 21.5. The van der Waals surface area contributed by atoms with Crippen LogP contribution in [0.15, 0.2) is 18.2 Å². The average molecular weight is 237 g/mol. The minimum Gasteiger partial charge on any atom is -0.368 e. The first-order valence-electron chi connectivity index (χ1n) is 5.05. The Morgan fingerprint density at radius 3 is 2.94 bits per heavy atom. The predicted molar refractivity (Wildman–Crippen MR) is 64.2 cm³/mol. The fraction of sp³-hybridized carbons (Fsp3) is 0.273. The number of nitrogens with zero attached hydrogens (tertiary/aromatic N) is 2. The van der Waals surface area contributed by atoms with Gasteiger partial charge in [-0.05, 0) is 31.5 Å². The lowest BCUT2D eigenvalue weighted by Crippen LogP contribution is -1.99. The van der Waals surface area contributed by atoms with E-state index in [-0.39, 0.29) is 5.82 Å². The molecule has 0 aliphatic heterocycles. The fourth-order valence-electron chi connectivity index (χ4n) is 1.50. The molecule has 0 fully saturated rings. The van der Waals surface area contributed by atoms with Gasteiger partial charge in [0.1, 0.15) is 11.5 Å². The molecule has 1 heterocycles. The van der Waals surface area contributed by atoms with E-state index >= 15 is 0 Å². The zero-order chi connectivity index (χ0) is 11.5. The molecule has 5 heteroatoms. The summed E-state index contributed by atoms with van der Waals surface area (Å²) >= 11 is 1.13. The van der Waals surface area contributed by atoms with Crippen molar-refractivity contribution in [1.29, 1.82) is 0 Å². The number of hydrogen-bond acceptors (Lipinski definition) is 4. The quantitative estimate of drug-likeness (QED) is 0.891. The number of aromatic nitrogens is 2. The van der Waals surface area contributed by atoms with Gasteiger partial charge in [-0.3, -0.25) is 0 Å². The van der Waals surface area contributed by atoms with Crippen molar-refractivity contribution in [2.45, 2.75) is 13.8 Å². The monoisotopic (exact) mass is 237 g/mol. The van der Waals surface area contributed by atoms with E-state index in [9.17, 15) is 4.39 Å². The van der Waals surface area contributed by atoms with Crippen LogP contribution in [-0.4, -0.2) is 15.3 Å². The lowest BCUT2D eigenvalue weighted by atomic mass is 10.1. The first-order valence-corrected chi connectivity index (χ1v) is 5.78. The van der Waals surface area contributed by atoms with E-state index < -0.39 is 0 Å². The van der Waals surface area contributed by atoms with E-state index in [4.69, 9.17) is 0 Å². The van der Waals surface area contributed by atoms with Gasteiger partial charge in [-0.2, -0.15) is 8.75 Å². The molecule has 1 N–H and O–H groups in total. The van der Waals surface area contributed by atoms with Crippen LogP contribution in [0.4, 0.5) is 10.2 Å². The van der Waals surface area contributed by atoms with Gasteiger partial charge in [0, 0.05) is 12.1 Å². The summed E-state index contributed by atoms with van der Waals surface area (Å²) in [6, 6.07) is 4.69. The normalized spacial score (nSPS) is 10.4. The maximum Gasteiger partial charge on any atom is 0.168 e. The highest BCUT2D eigenvalue weighted by molar-refractivity contribution is 6.99. The molecule has 0 amide bonds. The molecule has 2 aromatic rings. The molecular weight excluding hydrogens is 225 g/mol. The lowest BCUT2D eigenvalue weighted by Gasteiger charge is -2.05. The van der Waals surface area contributed by atoms with Crippen LogP contribution in [0.25, 0.3) is 11.3 Å². The number of halogens is 1. The zero-order valence-electron chi connectivity index (χ0n) is 9.12. The summed E-state index contributed by atoms with van der Waals surface area (Å²) in [6.45, 7) is 4.69. The second-order valence-electron chi connectivity index (χ2n) is 3.45. The summed E-state index contributed by atoms with van der Waals surface area (Å²) in [7, 11) is 0. The average Bonchev–Trinajstić information content (AvgIpc) is 2.70. The van der Waals surface area contributed by atoms with Gasteiger partial charge in [0.2, 0.25) is 0 Å². The Kier molecular flexibility index (Phi) is 3.14. The predicted octanol–water partition coefficient (Wildman–Crippen LogP) is 3.08. The highest BCUT2D eigenvalue weighted by Gasteiger charge is 2.12. The second-order valence-corrected chi connectivity index (χ2v) is 3.98. The third-order valence-corrected chi connectivity index (χ3v) is 2.82. The minimum absolute atomic E-state index is 0.254. The number of anilines is 1. The first kappa shape index (κ1) is 11.0. The van der Waals surface area contributed by atoms with E-state index in [2.05, 4.69) is 14.1 Å². The van der Waals surface area contributed by atoms with Crippen molar-refractivity contribution < 1.29 is 4.39 Å². The maximum absolute atomic E-state index is 13.2. The van der Waals surface area contributed by atoms with Crippen LogP contribution >= 0.6 is 11.7 Å². The minimum atomic E-state index is -0.254. The van der Waals surface area contributed by atoms with Crippen molar-refractivity contribution in [2.24, 2.45) is 0 Å². The van der Waals surface area contributed by atoms with Crippen LogP contribution in [0.5, 0.6) is 0 Å². The van der Waals surface area contributed by atoms with Crippen LogP contribution < -0.4 is 5.32 Å². The van der Waals surface area contributed by atoms with E-state index in [0.29, 0.717) is 0 Å². The zero-order valence-corrected chi connectivity index (χ0v) is 9.94. The molecule has 0 spiro atoms. The van der Waals surface area contributed by atoms with Gasteiger partial charge in [0.05, 0.1) is 11.7 Å². The van der Waals surface area contributed by atoms with Crippen LogP contribution in [0.1, 0.15) is 12.5 Å². The van der Waals surface area contributed by atoms with E-state index in [1.165, 1.54) is 12.1 Å². The fourth-order valence-corrected chi connectivity index (χ4v) is 2.04. The van der Waals surface area contributed by atoms with Gasteiger partial charge in [-0.1, -0.05) is 6.07 Å². The number of aryl methyl sites for hydroxylation is 1. The van der Waals surface area contributed by atoms with Gasteiger partial charge in [0.25, 0.3) is 0 Å². The number of rotatable bonds is 3. The molecule has 16 heavy (non-hydrogen) atoms. The highest BCUT2D eigenvalue weighted by Crippen LogP contribution is 2.29. The van der Waals surface area contributed by atoms with Crippen molar-refractivity contribution in [3.05, 3.63) is 29.6 Å². The molecule has 0 saturated carbocycles. The molecule has 0 aliphatic rings. The highest BCUT2D eigenvalue weighted by atomic mass is 32.1. The van der Waals surface area contributed by atoms with Crippen molar-refractivity contribution in [1.82, 2.24) is 8.75 Å². The Labute approximate surface area is 97.7 Å². The molecule has 0 unspecified atom stereocenters. The molecule has 0 bridgehead atoms. The number of nitrogens with one attached hydrogen (secondary N) is 1. The molecule has 1 aromatic carbocycles. The number of hydrogen-bond donors (Lipinski definition) is 1. The summed E-state index contributed by atoms with van der Waals surface area (Å²) in [5.41, 5.74) is 2.52. The Bertz CT molecular complexity index is 496. The van der Waals surface area contributed by atoms with Gasteiger partial charge in [-0.15, -0.1) is 0 Å². The van der Waals surface area contributed by atoms with Gasteiger partial charge in [-0.25, -0.2) is 4.39 Å². The maximum atomic E-state index is 13.2. The van der Waals surface area contributed by atoms with Gasteiger partial charge >= 0.3 is 0 Å². The summed E-state index contributed by atoms with van der Waals surface area (Å²) in [5.74, 6) is 0.470. The van der Waals surface area contributed by atoms with E-state index in [1.807, 2.05) is 13.8 Å². The molecule has 0 aliphatic carbocycles. The largest absolute Gasteiger partial charge is 0.368 e. The molecule has 0 saturated heterocycles. The molecule has 0 radical (unpaired) electrons. The van der Waals surface area contributed by atoms with E-state index in [0.717, 1.165) is 40.9 Å². The van der Waals surface area contributed by atoms with Crippen LogP contribution in [0, 0.1) is 12.7 Å². The summed E-state index contributed by atoms with van der Waals surface area (Å²) in [5, 5.41) is 3.12.